The molecule has 94 valence electrons. The maximum Gasteiger partial charge on any atom is 0.123 e. The van der Waals surface area contributed by atoms with Gasteiger partial charge in [0.15, 0.2) is 0 Å². The zero-order valence-electron chi connectivity index (χ0n) is 10.8. The molecule has 0 spiro atoms. The second-order valence-electron chi connectivity index (χ2n) is 4.04. The highest BCUT2D eigenvalue weighted by Gasteiger charge is 2.07. The Morgan fingerprint density at radius 2 is 2.18 bits per heavy atom. The fourth-order valence-corrected chi connectivity index (χ4v) is 1.56. The predicted octanol–water partition coefficient (Wildman–Crippen LogP) is 2.54. The van der Waals surface area contributed by atoms with Crippen LogP contribution < -0.4 is 15.2 Å². The van der Waals surface area contributed by atoms with Gasteiger partial charge in [-0.1, -0.05) is 12.2 Å². The third kappa shape index (κ3) is 4.49. The van der Waals surface area contributed by atoms with Gasteiger partial charge in [0.2, 0.25) is 0 Å². The van der Waals surface area contributed by atoms with Crippen molar-refractivity contribution in [2.45, 2.75) is 26.3 Å². The molecule has 1 aromatic rings. The topological polar surface area (TPSA) is 44.5 Å². The van der Waals surface area contributed by atoms with Crippen LogP contribution in [0.3, 0.4) is 0 Å². The molecule has 0 bridgehead atoms. The van der Waals surface area contributed by atoms with E-state index in [1.54, 1.807) is 7.11 Å². The Hall–Kier alpha value is -1.48. The van der Waals surface area contributed by atoms with Crippen molar-refractivity contribution in [3.63, 3.8) is 0 Å². The van der Waals surface area contributed by atoms with E-state index in [9.17, 15) is 0 Å². The molecule has 0 saturated heterocycles. The Morgan fingerprint density at radius 3 is 2.76 bits per heavy atom. The molecule has 0 radical (unpaired) electrons. The average Bonchev–Trinajstić information content (AvgIpc) is 2.30. The molecule has 0 aliphatic carbocycles. The zero-order chi connectivity index (χ0) is 12.7. The fourth-order valence-electron chi connectivity index (χ4n) is 1.56. The summed E-state index contributed by atoms with van der Waals surface area (Å²) in [6, 6.07) is 5.91. The molecule has 0 aliphatic rings. The minimum Gasteiger partial charge on any atom is -0.497 e. The maximum atomic E-state index is 5.83. The SMILES string of the molecule is C/C=C/COc1ccc(OC)cc1CC(C)N. The van der Waals surface area contributed by atoms with E-state index in [4.69, 9.17) is 15.2 Å². The first-order valence-corrected chi connectivity index (χ1v) is 5.83. The largest absolute Gasteiger partial charge is 0.497 e. The Bertz CT molecular complexity index is 372. The van der Waals surface area contributed by atoms with Crippen molar-refractivity contribution in [3.8, 4) is 11.5 Å². The molecule has 0 saturated carbocycles. The number of benzene rings is 1. The molecule has 1 aromatic carbocycles. The van der Waals surface area contributed by atoms with Gasteiger partial charge >= 0.3 is 0 Å². The lowest BCUT2D eigenvalue weighted by atomic mass is 10.1. The summed E-state index contributed by atoms with van der Waals surface area (Å²) in [4.78, 5) is 0. The molecule has 0 amide bonds. The van der Waals surface area contributed by atoms with Crippen LogP contribution in [0.15, 0.2) is 30.4 Å². The van der Waals surface area contributed by atoms with Gasteiger partial charge in [-0.25, -0.2) is 0 Å². The Balaban J connectivity index is 2.85. The molecule has 1 rings (SSSR count). The summed E-state index contributed by atoms with van der Waals surface area (Å²) in [6.07, 6.45) is 4.72. The second kappa shape index (κ2) is 6.97. The number of methoxy groups -OCH3 is 1. The smallest absolute Gasteiger partial charge is 0.123 e. The highest BCUT2D eigenvalue weighted by Crippen LogP contribution is 2.25. The zero-order valence-corrected chi connectivity index (χ0v) is 10.8. The molecule has 3 nitrogen and oxygen atoms in total. The van der Waals surface area contributed by atoms with Crippen LogP contribution in [0.2, 0.25) is 0 Å². The summed E-state index contributed by atoms with van der Waals surface area (Å²) in [7, 11) is 1.66. The standard InChI is InChI=1S/C14H21NO2/c1-4-5-8-17-14-7-6-13(16-3)10-12(14)9-11(2)15/h4-7,10-11H,8-9,15H2,1-3H3/b5-4+. The van der Waals surface area contributed by atoms with E-state index in [1.165, 1.54) is 0 Å². The molecular weight excluding hydrogens is 214 g/mol. The van der Waals surface area contributed by atoms with Crippen molar-refractivity contribution in [1.82, 2.24) is 0 Å². The lowest BCUT2D eigenvalue weighted by Gasteiger charge is -2.13. The van der Waals surface area contributed by atoms with E-state index in [-0.39, 0.29) is 6.04 Å². The van der Waals surface area contributed by atoms with E-state index in [2.05, 4.69) is 0 Å². The van der Waals surface area contributed by atoms with Crippen LogP contribution in [-0.2, 0) is 6.42 Å². The van der Waals surface area contributed by atoms with Crippen molar-refractivity contribution in [1.29, 1.82) is 0 Å². The molecule has 0 fully saturated rings. The van der Waals surface area contributed by atoms with Gasteiger partial charge in [0.05, 0.1) is 7.11 Å². The third-order valence-electron chi connectivity index (χ3n) is 2.38. The number of hydrogen-bond donors (Lipinski definition) is 1. The molecule has 1 atom stereocenters. The quantitative estimate of drug-likeness (QED) is 0.771. The number of nitrogens with two attached hydrogens (primary N) is 1. The third-order valence-corrected chi connectivity index (χ3v) is 2.38. The van der Waals surface area contributed by atoms with Crippen LogP contribution in [0.5, 0.6) is 11.5 Å². The highest BCUT2D eigenvalue weighted by atomic mass is 16.5. The van der Waals surface area contributed by atoms with Gasteiger partial charge in [-0.3, -0.25) is 0 Å². The molecule has 2 N–H and O–H groups in total. The monoisotopic (exact) mass is 235 g/mol. The van der Waals surface area contributed by atoms with Crippen LogP contribution in [0.25, 0.3) is 0 Å². The number of ether oxygens (including phenoxy) is 2. The minimum absolute atomic E-state index is 0.103. The van der Waals surface area contributed by atoms with Gasteiger partial charge in [0, 0.05) is 6.04 Å². The maximum absolute atomic E-state index is 5.83. The van der Waals surface area contributed by atoms with Gasteiger partial charge in [0.1, 0.15) is 18.1 Å². The summed E-state index contributed by atoms with van der Waals surface area (Å²) in [5.41, 5.74) is 6.92. The lowest BCUT2D eigenvalue weighted by Crippen LogP contribution is -2.18. The van der Waals surface area contributed by atoms with Crippen LogP contribution in [0.1, 0.15) is 19.4 Å². The van der Waals surface area contributed by atoms with Crippen molar-refractivity contribution in [3.05, 3.63) is 35.9 Å². The lowest BCUT2D eigenvalue weighted by molar-refractivity contribution is 0.355. The van der Waals surface area contributed by atoms with Crippen LogP contribution in [0.4, 0.5) is 0 Å². The molecular formula is C14H21NO2. The summed E-state index contributed by atoms with van der Waals surface area (Å²) in [5, 5.41) is 0. The summed E-state index contributed by atoms with van der Waals surface area (Å²) in [5.74, 6) is 1.71. The average molecular weight is 235 g/mol. The first-order valence-electron chi connectivity index (χ1n) is 5.83. The van der Waals surface area contributed by atoms with Crippen molar-refractivity contribution in [2.24, 2.45) is 5.73 Å². The Kier molecular flexibility index (Phi) is 5.57. The van der Waals surface area contributed by atoms with Crippen LogP contribution in [0, 0.1) is 0 Å². The Morgan fingerprint density at radius 1 is 1.41 bits per heavy atom. The van der Waals surface area contributed by atoms with Gasteiger partial charge < -0.3 is 15.2 Å². The van der Waals surface area contributed by atoms with E-state index >= 15 is 0 Å². The van der Waals surface area contributed by atoms with Gasteiger partial charge in [-0.15, -0.1) is 0 Å². The van der Waals surface area contributed by atoms with Crippen molar-refractivity contribution < 1.29 is 9.47 Å². The molecule has 0 aromatic heterocycles. The van der Waals surface area contributed by atoms with Crippen molar-refractivity contribution in [2.75, 3.05) is 13.7 Å². The number of hydrogen-bond acceptors (Lipinski definition) is 3. The highest BCUT2D eigenvalue weighted by molar-refractivity contribution is 5.40. The van der Waals surface area contributed by atoms with E-state index in [0.29, 0.717) is 6.61 Å². The molecule has 1 unspecified atom stereocenters. The summed E-state index contributed by atoms with van der Waals surface area (Å²) < 4.78 is 10.9. The predicted molar refractivity (Wildman–Crippen MR) is 70.7 cm³/mol. The number of allylic oxidation sites excluding steroid dienone is 1. The fraction of sp³-hybridized carbons (Fsp3) is 0.429. The summed E-state index contributed by atoms with van der Waals surface area (Å²) >= 11 is 0. The summed E-state index contributed by atoms with van der Waals surface area (Å²) in [6.45, 7) is 4.53. The molecule has 0 heterocycles. The van der Waals surface area contributed by atoms with E-state index in [1.807, 2.05) is 44.2 Å². The molecule has 3 heteroatoms. The van der Waals surface area contributed by atoms with Crippen LogP contribution >= 0.6 is 0 Å². The minimum atomic E-state index is 0.103. The second-order valence-corrected chi connectivity index (χ2v) is 4.04. The number of rotatable bonds is 6. The van der Waals surface area contributed by atoms with Crippen LogP contribution in [-0.4, -0.2) is 19.8 Å². The van der Waals surface area contributed by atoms with E-state index in [0.717, 1.165) is 23.5 Å². The normalized spacial score (nSPS) is 12.7. The van der Waals surface area contributed by atoms with Gasteiger partial charge in [-0.2, -0.15) is 0 Å². The first kappa shape index (κ1) is 13.6. The Labute approximate surface area is 103 Å². The molecule has 0 aliphatic heterocycles. The van der Waals surface area contributed by atoms with E-state index < -0.39 is 0 Å². The van der Waals surface area contributed by atoms with Crippen molar-refractivity contribution >= 4 is 0 Å². The van der Waals surface area contributed by atoms with Gasteiger partial charge in [0.25, 0.3) is 0 Å². The van der Waals surface area contributed by atoms with Gasteiger partial charge in [-0.05, 0) is 44.0 Å². The molecule has 17 heavy (non-hydrogen) atoms. The first-order chi connectivity index (χ1) is 8.17.